The lowest BCUT2D eigenvalue weighted by atomic mass is 10.00. The molecule has 0 aromatic heterocycles. The van der Waals surface area contributed by atoms with Crippen LogP contribution in [0.4, 0.5) is 9.59 Å². The summed E-state index contributed by atoms with van der Waals surface area (Å²) in [5.74, 6) is -2.06. The zero-order valence-electron chi connectivity index (χ0n) is 32.6. The first-order chi connectivity index (χ1) is 26.9. The molecule has 0 radical (unpaired) electrons. The Hall–Kier alpha value is -4.77. The quantitative estimate of drug-likeness (QED) is 0.0772. The van der Waals surface area contributed by atoms with Gasteiger partial charge in [-0.2, -0.15) is 0 Å². The van der Waals surface area contributed by atoms with Crippen LogP contribution in [-0.2, 0) is 35.3 Å². The zero-order valence-corrected chi connectivity index (χ0v) is 34.8. The van der Waals surface area contributed by atoms with E-state index < -0.39 is 36.2 Å². The van der Waals surface area contributed by atoms with E-state index >= 15 is 0 Å². The Morgan fingerprint density at radius 3 is 1.21 bits per heavy atom. The Balaban J connectivity index is 0.000000306. The molecular formula is C44H51Cl3N2O8. The standard InChI is InChI=1S/C22H25Cl2NO4.C22H26ClNO4/c1-14(2)8-20(21(26)27)25(22(28)29)7-6-15-4-3-5-16(9-15)10-17-11-18(23)13-19(24)12-17;1-15(2)11-20(21(25)26)24(22(27)28)10-9-16-5-3-6-17(12-16)13-18-7-4-8-19(23)14-18/h3-5,9,11-14,20H,6-8,10H2,1-2H3,(H,26,27)(H,28,29);3-8,12,14-15,20H,9-11,13H2,1-2H3,(H,25,26)(H,27,28). The highest BCUT2D eigenvalue weighted by Crippen LogP contribution is 2.23. The van der Waals surface area contributed by atoms with Crippen LogP contribution in [-0.4, -0.2) is 79.5 Å². The highest BCUT2D eigenvalue weighted by atomic mass is 35.5. The molecule has 0 fully saturated rings. The Labute approximate surface area is 349 Å². The maximum Gasteiger partial charge on any atom is 0.408 e. The number of hydrogen-bond acceptors (Lipinski definition) is 4. The van der Waals surface area contributed by atoms with Crippen LogP contribution in [0.2, 0.25) is 15.1 Å². The molecule has 13 heteroatoms. The van der Waals surface area contributed by atoms with E-state index in [1.54, 1.807) is 6.07 Å². The number of carbonyl (C=O) groups is 4. The summed E-state index contributed by atoms with van der Waals surface area (Å²) in [6, 6.07) is 26.7. The summed E-state index contributed by atoms with van der Waals surface area (Å²) in [7, 11) is 0. The van der Waals surface area contributed by atoms with Gasteiger partial charge < -0.3 is 20.4 Å². The van der Waals surface area contributed by atoms with Gasteiger partial charge in [-0.25, -0.2) is 19.2 Å². The minimum absolute atomic E-state index is 0.0748. The van der Waals surface area contributed by atoms with Gasteiger partial charge in [-0.15, -0.1) is 0 Å². The Bertz CT molecular complexity index is 1950. The lowest BCUT2D eigenvalue weighted by molar-refractivity contribution is -0.144. The number of nitrogens with zero attached hydrogens (tertiary/aromatic N) is 2. The fraction of sp³-hybridized carbons (Fsp3) is 0.364. The molecule has 4 aromatic rings. The van der Waals surface area contributed by atoms with Gasteiger partial charge >= 0.3 is 24.1 Å². The largest absolute Gasteiger partial charge is 0.480 e. The highest BCUT2D eigenvalue weighted by Gasteiger charge is 2.31. The summed E-state index contributed by atoms with van der Waals surface area (Å²) in [6.07, 6.45) is 0.388. The summed E-state index contributed by atoms with van der Waals surface area (Å²) in [5.41, 5.74) is 6.13. The molecule has 4 rings (SSSR count). The van der Waals surface area contributed by atoms with Crippen molar-refractivity contribution in [3.8, 4) is 0 Å². The molecule has 0 spiro atoms. The maximum absolute atomic E-state index is 11.7. The average Bonchev–Trinajstić information content (AvgIpc) is 3.10. The molecule has 10 nitrogen and oxygen atoms in total. The van der Waals surface area contributed by atoms with Gasteiger partial charge in [0.25, 0.3) is 0 Å². The van der Waals surface area contributed by atoms with Crippen molar-refractivity contribution in [1.29, 1.82) is 0 Å². The second-order valence-electron chi connectivity index (χ2n) is 14.8. The van der Waals surface area contributed by atoms with Gasteiger partial charge in [-0.3, -0.25) is 9.80 Å². The predicted octanol–water partition coefficient (Wildman–Crippen LogP) is 10.6. The normalized spacial score (nSPS) is 12.0. The van der Waals surface area contributed by atoms with Crippen molar-refractivity contribution >= 4 is 58.9 Å². The lowest BCUT2D eigenvalue weighted by Gasteiger charge is -2.27. The molecule has 4 N–H and O–H groups in total. The summed E-state index contributed by atoms with van der Waals surface area (Å²) >= 11 is 18.2. The molecule has 306 valence electrons. The number of amides is 2. The van der Waals surface area contributed by atoms with Crippen LogP contribution < -0.4 is 0 Å². The van der Waals surface area contributed by atoms with E-state index in [0.717, 1.165) is 49.6 Å². The number of hydrogen-bond donors (Lipinski definition) is 4. The highest BCUT2D eigenvalue weighted by molar-refractivity contribution is 6.34. The average molecular weight is 842 g/mol. The second kappa shape index (κ2) is 22.8. The number of halogens is 3. The Morgan fingerprint density at radius 1 is 0.491 bits per heavy atom. The third kappa shape index (κ3) is 16.3. The van der Waals surface area contributed by atoms with Crippen LogP contribution in [0.15, 0.2) is 91.0 Å². The van der Waals surface area contributed by atoms with E-state index in [1.807, 2.05) is 113 Å². The van der Waals surface area contributed by atoms with Crippen LogP contribution in [0.5, 0.6) is 0 Å². The fourth-order valence-corrected chi connectivity index (χ4v) is 7.29. The molecule has 0 aliphatic rings. The zero-order chi connectivity index (χ0) is 42.2. The van der Waals surface area contributed by atoms with Crippen molar-refractivity contribution in [1.82, 2.24) is 9.80 Å². The van der Waals surface area contributed by atoms with Crippen molar-refractivity contribution in [2.45, 2.75) is 78.3 Å². The van der Waals surface area contributed by atoms with Crippen LogP contribution in [0.25, 0.3) is 0 Å². The third-order valence-electron chi connectivity index (χ3n) is 9.10. The molecule has 2 unspecified atom stereocenters. The van der Waals surface area contributed by atoms with Gasteiger partial charge in [0.1, 0.15) is 12.1 Å². The molecule has 2 amide bonds. The summed E-state index contributed by atoms with van der Waals surface area (Å²) in [6.45, 7) is 7.78. The van der Waals surface area contributed by atoms with Crippen molar-refractivity contribution in [2.24, 2.45) is 11.8 Å². The topological polar surface area (TPSA) is 156 Å². The molecule has 0 aliphatic carbocycles. The molecule has 2 atom stereocenters. The molecule has 0 bridgehead atoms. The summed E-state index contributed by atoms with van der Waals surface area (Å²) < 4.78 is 0. The van der Waals surface area contributed by atoms with E-state index in [1.165, 1.54) is 0 Å². The van der Waals surface area contributed by atoms with Crippen molar-refractivity contribution in [2.75, 3.05) is 13.1 Å². The minimum atomic E-state index is -1.22. The molecule has 0 heterocycles. The first kappa shape index (κ1) is 46.6. The van der Waals surface area contributed by atoms with E-state index in [9.17, 15) is 39.6 Å². The summed E-state index contributed by atoms with van der Waals surface area (Å²) in [4.78, 5) is 48.5. The number of rotatable bonds is 18. The third-order valence-corrected chi connectivity index (χ3v) is 9.77. The number of carboxylic acids is 2. The van der Waals surface area contributed by atoms with Crippen LogP contribution in [0.1, 0.15) is 73.9 Å². The SMILES string of the molecule is CC(C)CC(C(=O)O)N(CCc1cccc(Cc2cc(Cl)cc(Cl)c2)c1)C(=O)O.CC(C)CC(C(=O)O)N(CCc1cccc(Cc2cccc(Cl)c2)c1)C(=O)O. The Morgan fingerprint density at radius 2 is 0.842 bits per heavy atom. The number of carboxylic acid groups (broad SMARTS) is 4. The number of benzene rings is 4. The Kier molecular flexibility index (Phi) is 18.7. The van der Waals surface area contributed by atoms with E-state index in [2.05, 4.69) is 0 Å². The van der Waals surface area contributed by atoms with E-state index in [4.69, 9.17) is 34.8 Å². The van der Waals surface area contributed by atoms with Crippen LogP contribution in [0.3, 0.4) is 0 Å². The second-order valence-corrected chi connectivity index (χ2v) is 16.1. The van der Waals surface area contributed by atoms with Crippen molar-refractivity contribution < 1.29 is 39.6 Å². The molecule has 57 heavy (non-hydrogen) atoms. The first-order valence-electron chi connectivity index (χ1n) is 18.7. The predicted molar refractivity (Wildman–Crippen MR) is 225 cm³/mol. The van der Waals surface area contributed by atoms with Gasteiger partial charge in [0.05, 0.1) is 0 Å². The van der Waals surface area contributed by atoms with Gasteiger partial charge in [0.2, 0.25) is 0 Å². The van der Waals surface area contributed by atoms with E-state index in [-0.39, 0.29) is 37.8 Å². The first-order valence-corrected chi connectivity index (χ1v) is 19.8. The van der Waals surface area contributed by atoms with E-state index in [0.29, 0.717) is 34.3 Å². The van der Waals surface area contributed by atoms with Gasteiger partial charge in [0.15, 0.2) is 0 Å². The molecule has 0 saturated carbocycles. The maximum atomic E-state index is 11.7. The molecule has 0 saturated heterocycles. The molecule has 4 aromatic carbocycles. The van der Waals surface area contributed by atoms with Crippen molar-refractivity contribution in [3.63, 3.8) is 0 Å². The minimum Gasteiger partial charge on any atom is -0.480 e. The molecule has 0 aliphatic heterocycles. The van der Waals surface area contributed by atoms with Gasteiger partial charge in [-0.05, 0) is 114 Å². The summed E-state index contributed by atoms with van der Waals surface area (Å²) in [5, 5.41) is 39.8. The van der Waals surface area contributed by atoms with Crippen LogP contribution >= 0.6 is 34.8 Å². The van der Waals surface area contributed by atoms with Crippen LogP contribution in [0, 0.1) is 11.8 Å². The lowest BCUT2D eigenvalue weighted by Crippen LogP contribution is -2.46. The smallest absolute Gasteiger partial charge is 0.408 e. The van der Waals surface area contributed by atoms with Gasteiger partial charge in [-0.1, -0.05) is 123 Å². The fourth-order valence-electron chi connectivity index (χ4n) is 6.51. The monoisotopic (exact) mass is 840 g/mol. The van der Waals surface area contributed by atoms with Crippen molar-refractivity contribution in [3.05, 3.63) is 139 Å². The number of aliphatic carboxylic acids is 2. The molecular weight excluding hydrogens is 791 g/mol. The van der Waals surface area contributed by atoms with Gasteiger partial charge in [0, 0.05) is 28.2 Å².